The molecule has 2 N–H and O–H groups in total. The third kappa shape index (κ3) is 8.10. The summed E-state index contributed by atoms with van der Waals surface area (Å²) in [6, 6.07) is 33.9. The lowest BCUT2D eigenvalue weighted by Crippen LogP contribution is -2.12. The van der Waals surface area contributed by atoms with Gasteiger partial charge in [0.15, 0.2) is 0 Å². The molecule has 0 radical (unpaired) electrons. The highest BCUT2D eigenvalue weighted by molar-refractivity contribution is 5.87. The Morgan fingerprint density at radius 1 is 0.795 bits per heavy atom. The number of para-hydroxylation sites is 1. The number of hydrogen-bond acceptors (Lipinski definition) is 4. The van der Waals surface area contributed by atoms with Crippen LogP contribution in [-0.2, 0) is 17.6 Å². The minimum Gasteiger partial charge on any atom is -0.493 e. The molecule has 0 atom stereocenters. The first kappa shape index (κ1) is 30.9. The molecule has 0 saturated heterocycles. The molecule has 5 nitrogen and oxygen atoms in total. The Hall–Kier alpha value is -4.51. The average molecular weight is 590 g/mol. The summed E-state index contributed by atoms with van der Waals surface area (Å²) < 4.78 is 12.2. The zero-order valence-corrected chi connectivity index (χ0v) is 26.2. The number of anilines is 1. The Morgan fingerprint density at radius 3 is 2.00 bits per heavy atom. The van der Waals surface area contributed by atoms with E-state index >= 15 is 0 Å². The van der Waals surface area contributed by atoms with Crippen LogP contribution in [0.2, 0.25) is 0 Å². The standard InChI is InChI=1S/C39H43NO4/c1-26(2)22-28-11-15-30(16-12-28)39(31-17-13-29(14-18-31)23-27(3)4)40-33-19-20-35-32(24-33)25-37(44-35)34-8-5-6-9-36(34)43-21-7-10-38(41)42/h5-6,8-9,11-20,24-27,39-40H,7,10,21-23H2,1-4H3,(H,41,42). The number of rotatable bonds is 14. The van der Waals surface area contributed by atoms with Gasteiger partial charge in [0.2, 0.25) is 0 Å². The first-order chi connectivity index (χ1) is 21.2. The maximum absolute atomic E-state index is 10.9. The SMILES string of the molecule is CC(C)Cc1ccc(C(Nc2ccc3oc(-c4ccccc4OCCCC(=O)O)cc3c2)c2ccc(CC(C)C)cc2)cc1. The van der Waals surface area contributed by atoms with Crippen molar-refractivity contribution in [3.63, 3.8) is 0 Å². The molecule has 0 aliphatic rings. The van der Waals surface area contributed by atoms with Crippen LogP contribution in [0.1, 0.15) is 68.8 Å². The summed E-state index contributed by atoms with van der Waals surface area (Å²) in [5, 5.41) is 13.7. The molecular weight excluding hydrogens is 546 g/mol. The Labute approximate surface area is 260 Å². The third-order valence-electron chi connectivity index (χ3n) is 7.69. The van der Waals surface area contributed by atoms with E-state index in [9.17, 15) is 4.79 Å². The predicted octanol–water partition coefficient (Wildman–Crippen LogP) is 9.94. The number of benzene rings is 4. The van der Waals surface area contributed by atoms with Gasteiger partial charge in [0.05, 0.1) is 18.2 Å². The number of nitrogens with one attached hydrogen (secondary N) is 1. The second kappa shape index (κ2) is 14.3. The molecule has 0 fully saturated rings. The third-order valence-corrected chi connectivity index (χ3v) is 7.69. The maximum atomic E-state index is 10.9. The van der Waals surface area contributed by atoms with Crippen LogP contribution in [0.25, 0.3) is 22.3 Å². The fourth-order valence-corrected chi connectivity index (χ4v) is 5.63. The molecule has 0 bridgehead atoms. The Balaban J connectivity index is 1.41. The zero-order chi connectivity index (χ0) is 31.1. The second-order valence-electron chi connectivity index (χ2n) is 12.5. The second-order valence-corrected chi connectivity index (χ2v) is 12.5. The van der Waals surface area contributed by atoms with Crippen LogP contribution < -0.4 is 10.1 Å². The number of carboxylic acids is 1. The highest BCUT2D eigenvalue weighted by Gasteiger charge is 2.17. The van der Waals surface area contributed by atoms with E-state index in [2.05, 4.69) is 93.7 Å². The average Bonchev–Trinajstić information content (AvgIpc) is 3.42. The number of ether oxygens (including phenoxy) is 1. The van der Waals surface area contributed by atoms with Gasteiger partial charge in [-0.2, -0.15) is 0 Å². The van der Waals surface area contributed by atoms with E-state index < -0.39 is 5.97 Å². The van der Waals surface area contributed by atoms with E-state index in [1.807, 2.05) is 36.4 Å². The molecule has 44 heavy (non-hydrogen) atoms. The van der Waals surface area contributed by atoms with Crippen LogP contribution in [-0.4, -0.2) is 17.7 Å². The van der Waals surface area contributed by atoms with Crippen molar-refractivity contribution in [2.24, 2.45) is 11.8 Å². The summed E-state index contributed by atoms with van der Waals surface area (Å²) in [5.41, 5.74) is 7.78. The molecule has 5 heteroatoms. The molecule has 1 heterocycles. The van der Waals surface area contributed by atoms with Crippen molar-refractivity contribution in [2.45, 2.75) is 59.4 Å². The summed E-state index contributed by atoms with van der Waals surface area (Å²) in [6.45, 7) is 9.34. The molecule has 0 aliphatic heterocycles. The highest BCUT2D eigenvalue weighted by atomic mass is 16.5. The normalized spacial score (nSPS) is 11.5. The molecule has 4 aromatic carbocycles. The fourth-order valence-electron chi connectivity index (χ4n) is 5.63. The Morgan fingerprint density at radius 2 is 1.41 bits per heavy atom. The van der Waals surface area contributed by atoms with E-state index in [1.54, 1.807) is 0 Å². The van der Waals surface area contributed by atoms with Crippen molar-refractivity contribution in [3.05, 3.63) is 119 Å². The number of carbonyl (C=O) groups is 1. The van der Waals surface area contributed by atoms with Gasteiger partial charge < -0.3 is 19.6 Å². The van der Waals surface area contributed by atoms with Crippen LogP contribution >= 0.6 is 0 Å². The van der Waals surface area contributed by atoms with Crippen molar-refractivity contribution < 1.29 is 19.1 Å². The lowest BCUT2D eigenvalue weighted by atomic mass is 9.93. The van der Waals surface area contributed by atoms with E-state index in [0.29, 0.717) is 36.4 Å². The van der Waals surface area contributed by atoms with Crippen molar-refractivity contribution in [2.75, 3.05) is 11.9 Å². The molecule has 5 aromatic rings. The molecule has 228 valence electrons. The number of hydrogen-bond donors (Lipinski definition) is 2. The van der Waals surface area contributed by atoms with Gasteiger partial charge in [0, 0.05) is 17.5 Å². The fraction of sp³-hybridized carbons (Fsp3) is 0.308. The van der Waals surface area contributed by atoms with Gasteiger partial charge in [-0.3, -0.25) is 4.79 Å². The van der Waals surface area contributed by atoms with Gasteiger partial charge in [-0.05, 0) is 89.8 Å². The van der Waals surface area contributed by atoms with Gasteiger partial charge in [-0.25, -0.2) is 0 Å². The van der Waals surface area contributed by atoms with Crippen molar-refractivity contribution >= 4 is 22.6 Å². The van der Waals surface area contributed by atoms with E-state index in [4.69, 9.17) is 14.3 Å². The first-order valence-electron chi connectivity index (χ1n) is 15.7. The predicted molar refractivity (Wildman–Crippen MR) is 179 cm³/mol. The minimum absolute atomic E-state index is 0.0139. The summed E-state index contributed by atoms with van der Waals surface area (Å²) in [7, 11) is 0. The maximum Gasteiger partial charge on any atom is 0.303 e. The summed E-state index contributed by atoms with van der Waals surface area (Å²) >= 11 is 0. The molecule has 0 amide bonds. The molecule has 5 rings (SSSR count). The summed E-state index contributed by atoms with van der Waals surface area (Å²) in [6.07, 6.45) is 2.66. The van der Waals surface area contributed by atoms with E-state index in [0.717, 1.165) is 35.1 Å². The van der Waals surface area contributed by atoms with Crippen LogP contribution in [0.3, 0.4) is 0 Å². The van der Waals surface area contributed by atoms with Crippen molar-refractivity contribution in [1.82, 2.24) is 0 Å². The molecule has 1 aromatic heterocycles. The first-order valence-corrected chi connectivity index (χ1v) is 15.7. The number of aliphatic carboxylic acids is 1. The lowest BCUT2D eigenvalue weighted by molar-refractivity contribution is -0.137. The molecule has 0 unspecified atom stereocenters. The number of furan rings is 1. The minimum atomic E-state index is -0.822. The zero-order valence-electron chi connectivity index (χ0n) is 26.2. The number of carboxylic acid groups (broad SMARTS) is 1. The molecular formula is C39H43NO4. The number of fused-ring (bicyclic) bond motifs is 1. The van der Waals surface area contributed by atoms with Gasteiger partial charge >= 0.3 is 5.97 Å². The molecule has 0 saturated carbocycles. The summed E-state index contributed by atoms with van der Waals surface area (Å²) in [5.74, 6) is 1.80. The van der Waals surface area contributed by atoms with Crippen molar-refractivity contribution in [1.29, 1.82) is 0 Å². The van der Waals surface area contributed by atoms with Crippen molar-refractivity contribution in [3.8, 4) is 17.1 Å². The topological polar surface area (TPSA) is 71.7 Å². The van der Waals surface area contributed by atoms with E-state index in [1.165, 1.54) is 22.3 Å². The van der Waals surface area contributed by atoms with Crippen LogP contribution in [0.15, 0.2) is 101 Å². The van der Waals surface area contributed by atoms with Crippen LogP contribution in [0.4, 0.5) is 5.69 Å². The Kier molecular flexibility index (Phi) is 10.1. The van der Waals surface area contributed by atoms with Gasteiger partial charge in [-0.1, -0.05) is 88.4 Å². The smallest absolute Gasteiger partial charge is 0.303 e. The van der Waals surface area contributed by atoms with Gasteiger partial charge in [0.1, 0.15) is 17.1 Å². The monoisotopic (exact) mass is 589 g/mol. The summed E-state index contributed by atoms with van der Waals surface area (Å²) in [4.78, 5) is 10.9. The quantitative estimate of drug-likeness (QED) is 0.126. The molecule has 0 aliphatic carbocycles. The highest BCUT2D eigenvalue weighted by Crippen LogP contribution is 2.36. The van der Waals surface area contributed by atoms with Gasteiger partial charge in [0.25, 0.3) is 0 Å². The Bertz CT molecular complexity index is 1610. The largest absolute Gasteiger partial charge is 0.493 e. The van der Waals surface area contributed by atoms with Crippen LogP contribution in [0, 0.1) is 11.8 Å². The van der Waals surface area contributed by atoms with Gasteiger partial charge in [-0.15, -0.1) is 0 Å². The lowest BCUT2D eigenvalue weighted by Gasteiger charge is -2.22. The molecule has 0 spiro atoms. The van der Waals surface area contributed by atoms with Crippen LogP contribution in [0.5, 0.6) is 5.75 Å². The van der Waals surface area contributed by atoms with E-state index in [-0.39, 0.29) is 12.5 Å².